The molecule has 1 saturated heterocycles. The Kier molecular flexibility index (Phi) is 11.6. The quantitative estimate of drug-likeness (QED) is 0.267. The van der Waals surface area contributed by atoms with Crippen LogP contribution >= 0.6 is 24.0 Å². The van der Waals surface area contributed by atoms with Crippen LogP contribution in [0.1, 0.15) is 40.0 Å². The number of aliphatic imine (C=N–C) groups is 1. The van der Waals surface area contributed by atoms with Gasteiger partial charge in [0, 0.05) is 40.3 Å². The monoisotopic (exact) mass is 453 g/mol. The third-order valence-corrected chi connectivity index (χ3v) is 4.59. The van der Waals surface area contributed by atoms with Crippen LogP contribution in [0.4, 0.5) is 0 Å². The molecule has 0 bridgehead atoms. The van der Waals surface area contributed by atoms with Crippen LogP contribution in [0.25, 0.3) is 0 Å². The minimum absolute atomic E-state index is 0. The number of hydrogen-bond donors (Lipinski definition) is 2. The van der Waals surface area contributed by atoms with Gasteiger partial charge >= 0.3 is 0 Å². The van der Waals surface area contributed by atoms with Crippen LogP contribution < -0.4 is 10.6 Å². The van der Waals surface area contributed by atoms with E-state index in [1.807, 2.05) is 14.1 Å². The summed E-state index contributed by atoms with van der Waals surface area (Å²) in [6, 6.07) is 0.463. The van der Waals surface area contributed by atoms with E-state index in [4.69, 9.17) is 0 Å². The van der Waals surface area contributed by atoms with Crippen LogP contribution in [-0.2, 0) is 4.79 Å². The second kappa shape index (κ2) is 11.9. The summed E-state index contributed by atoms with van der Waals surface area (Å²) in [4.78, 5) is 20.5. The molecular weight excluding hydrogens is 417 g/mol. The molecule has 0 spiro atoms. The van der Waals surface area contributed by atoms with Gasteiger partial charge in [0.1, 0.15) is 0 Å². The maximum atomic E-state index is 12.2. The lowest BCUT2D eigenvalue weighted by Crippen LogP contribution is -2.46. The molecule has 1 rings (SSSR count). The van der Waals surface area contributed by atoms with Crippen LogP contribution in [0.5, 0.6) is 0 Å². The Labute approximate surface area is 164 Å². The SMILES string of the molecule is CN=C(NCCCN1CCCC1C(=O)N(C)C)NC(C)C(C)C.I. The molecule has 142 valence electrons. The molecule has 0 radical (unpaired) electrons. The van der Waals surface area contributed by atoms with Crippen molar-refractivity contribution in [2.24, 2.45) is 10.9 Å². The number of likely N-dealkylation sites (tertiary alicyclic amines) is 1. The van der Waals surface area contributed by atoms with Gasteiger partial charge in [0.15, 0.2) is 5.96 Å². The fourth-order valence-electron chi connectivity index (χ4n) is 2.74. The molecule has 0 aromatic rings. The van der Waals surface area contributed by atoms with Crippen molar-refractivity contribution in [1.29, 1.82) is 0 Å². The number of carbonyl (C=O) groups excluding carboxylic acids is 1. The lowest BCUT2D eigenvalue weighted by atomic mass is 10.1. The number of likely N-dealkylation sites (N-methyl/N-ethyl adjacent to an activating group) is 1. The van der Waals surface area contributed by atoms with E-state index in [9.17, 15) is 4.79 Å². The van der Waals surface area contributed by atoms with Gasteiger partial charge in [-0.3, -0.25) is 14.7 Å². The summed E-state index contributed by atoms with van der Waals surface area (Å²) >= 11 is 0. The van der Waals surface area contributed by atoms with Crippen molar-refractivity contribution >= 4 is 35.8 Å². The molecule has 0 aromatic heterocycles. The van der Waals surface area contributed by atoms with E-state index >= 15 is 0 Å². The lowest BCUT2D eigenvalue weighted by molar-refractivity contribution is -0.133. The number of nitrogens with zero attached hydrogens (tertiary/aromatic N) is 3. The number of carbonyl (C=O) groups is 1. The Hall–Kier alpha value is -0.570. The zero-order chi connectivity index (χ0) is 17.4. The zero-order valence-corrected chi connectivity index (χ0v) is 18.5. The fourth-order valence-corrected chi connectivity index (χ4v) is 2.74. The number of guanidine groups is 1. The smallest absolute Gasteiger partial charge is 0.239 e. The largest absolute Gasteiger partial charge is 0.356 e. The average molecular weight is 453 g/mol. The predicted octanol–water partition coefficient (Wildman–Crippen LogP) is 1.76. The first-order valence-electron chi connectivity index (χ1n) is 8.79. The molecule has 1 heterocycles. The van der Waals surface area contributed by atoms with Crippen LogP contribution in [-0.4, -0.2) is 74.5 Å². The lowest BCUT2D eigenvalue weighted by Gasteiger charge is -2.26. The summed E-state index contributed by atoms with van der Waals surface area (Å²) in [5.74, 6) is 1.66. The van der Waals surface area contributed by atoms with Gasteiger partial charge in [-0.05, 0) is 38.6 Å². The van der Waals surface area contributed by atoms with E-state index in [2.05, 4.69) is 41.3 Å². The summed E-state index contributed by atoms with van der Waals surface area (Å²) < 4.78 is 0. The van der Waals surface area contributed by atoms with Crippen molar-refractivity contribution in [3.05, 3.63) is 0 Å². The molecule has 2 unspecified atom stereocenters. The molecular formula is C17H36IN5O. The van der Waals surface area contributed by atoms with Gasteiger partial charge in [0.2, 0.25) is 5.91 Å². The number of hydrogen-bond acceptors (Lipinski definition) is 3. The molecule has 2 atom stereocenters. The molecule has 2 N–H and O–H groups in total. The van der Waals surface area contributed by atoms with Crippen molar-refractivity contribution < 1.29 is 4.79 Å². The Morgan fingerprint density at radius 1 is 1.33 bits per heavy atom. The zero-order valence-electron chi connectivity index (χ0n) is 16.1. The van der Waals surface area contributed by atoms with Gasteiger partial charge in [-0.15, -0.1) is 24.0 Å². The second-order valence-corrected chi connectivity index (χ2v) is 6.96. The van der Waals surface area contributed by atoms with Crippen molar-refractivity contribution in [3.8, 4) is 0 Å². The Balaban J connectivity index is 0.00000529. The van der Waals surface area contributed by atoms with E-state index in [-0.39, 0.29) is 35.9 Å². The van der Waals surface area contributed by atoms with E-state index in [0.717, 1.165) is 44.9 Å². The molecule has 7 heteroatoms. The van der Waals surface area contributed by atoms with Crippen molar-refractivity contribution in [3.63, 3.8) is 0 Å². The molecule has 1 aliphatic rings. The first kappa shape index (κ1) is 23.4. The third kappa shape index (κ3) is 7.55. The van der Waals surface area contributed by atoms with Gasteiger partial charge in [0.25, 0.3) is 0 Å². The van der Waals surface area contributed by atoms with Gasteiger partial charge in [-0.25, -0.2) is 0 Å². The maximum Gasteiger partial charge on any atom is 0.239 e. The number of halogens is 1. The molecule has 0 aromatic carbocycles. The van der Waals surface area contributed by atoms with E-state index in [1.54, 1.807) is 11.9 Å². The standard InChI is InChI=1S/C17H35N5O.HI/c1-13(2)14(3)20-17(18-4)19-10-8-12-22-11-7-9-15(22)16(23)21(5)6;/h13-15H,7-12H2,1-6H3,(H2,18,19,20);1H. The highest BCUT2D eigenvalue weighted by Crippen LogP contribution is 2.18. The molecule has 6 nitrogen and oxygen atoms in total. The van der Waals surface area contributed by atoms with Gasteiger partial charge in [-0.2, -0.15) is 0 Å². The van der Waals surface area contributed by atoms with Crippen LogP contribution in [0.3, 0.4) is 0 Å². The van der Waals surface area contributed by atoms with Crippen LogP contribution in [0.15, 0.2) is 4.99 Å². The molecule has 1 fully saturated rings. The average Bonchev–Trinajstić information content (AvgIpc) is 2.97. The fraction of sp³-hybridized carbons (Fsp3) is 0.882. The summed E-state index contributed by atoms with van der Waals surface area (Å²) in [6.07, 6.45) is 3.11. The van der Waals surface area contributed by atoms with Crippen molar-refractivity contribution in [2.75, 3.05) is 40.8 Å². The highest BCUT2D eigenvalue weighted by atomic mass is 127. The van der Waals surface area contributed by atoms with Gasteiger partial charge in [-0.1, -0.05) is 13.8 Å². The number of nitrogens with one attached hydrogen (secondary N) is 2. The Bertz CT molecular complexity index is 400. The first-order valence-corrected chi connectivity index (χ1v) is 8.79. The highest BCUT2D eigenvalue weighted by molar-refractivity contribution is 14.0. The van der Waals surface area contributed by atoms with Gasteiger partial charge in [0.05, 0.1) is 6.04 Å². The minimum Gasteiger partial charge on any atom is -0.356 e. The summed E-state index contributed by atoms with van der Waals surface area (Å²) in [7, 11) is 5.48. The van der Waals surface area contributed by atoms with Crippen molar-refractivity contribution in [1.82, 2.24) is 20.4 Å². The summed E-state index contributed by atoms with van der Waals surface area (Å²) in [6.45, 7) is 9.40. The third-order valence-electron chi connectivity index (χ3n) is 4.59. The first-order chi connectivity index (χ1) is 10.9. The van der Waals surface area contributed by atoms with Gasteiger partial charge < -0.3 is 15.5 Å². The number of rotatable bonds is 7. The highest BCUT2D eigenvalue weighted by Gasteiger charge is 2.30. The Morgan fingerprint density at radius 2 is 2.00 bits per heavy atom. The van der Waals surface area contributed by atoms with Crippen molar-refractivity contribution in [2.45, 2.75) is 52.1 Å². The van der Waals surface area contributed by atoms with E-state index in [0.29, 0.717) is 12.0 Å². The predicted molar refractivity (Wildman–Crippen MR) is 112 cm³/mol. The maximum absolute atomic E-state index is 12.2. The second-order valence-electron chi connectivity index (χ2n) is 6.96. The summed E-state index contributed by atoms with van der Waals surface area (Å²) in [5.41, 5.74) is 0. The van der Waals surface area contributed by atoms with Crippen LogP contribution in [0, 0.1) is 5.92 Å². The molecule has 1 aliphatic heterocycles. The molecule has 0 saturated carbocycles. The molecule has 24 heavy (non-hydrogen) atoms. The van der Waals surface area contributed by atoms with E-state index < -0.39 is 0 Å². The van der Waals surface area contributed by atoms with E-state index in [1.165, 1.54) is 0 Å². The minimum atomic E-state index is 0. The molecule has 1 amide bonds. The van der Waals surface area contributed by atoms with Crippen LogP contribution in [0.2, 0.25) is 0 Å². The summed E-state index contributed by atoms with van der Waals surface area (Å²) in [5, 5.41) is 6.76. The Morgan fingerprint density at radius 3 is 2.54 bits per heavy atom. The normalized spacial score (nSPS) is 19.8. The number of amides is 1. The topological polar surface area (TPSA) is 60.0 Å². The molecule has 0 aliphatic carbocycles.